The Labute approximate surface area is 342 Å². The van der Waals surface area contributed by atoms with Crippen molar-refractivity contribution in [2.45, 2.75) is 19.3 Å². The molecule has 8 heteroatoms. The van der Waals surface area contributed by atoms with Gasteiger partial charge in [0.1, 0.15) is 0 Å². The van der Waals surface area contributed by atoms with Crippen LogP contribution in [0.4, 0.5) is 34.6 Å². The molecule has 2 aromatic heterocycles. The lowest BCUT2D eigenvalue weighted by atomic mass is 9.82. The molecule has 0 fully saturated rings. The van der Waals surface area contributed by atoms with Crippen molar-refractivity contribution in [3.63, 3.8) is 0 Å². The SMILES string of the molecule is CC1(C)c2ccccc2-c2cc3c(cc21)N(c1nc(-c2ccccc2)nc(-c2ccccc2)n1)c1ccccc1N3c1nc(-c2ccccc2)nc(-c2ccccc2)n1. The van der Waals surface area contributed by atoms with Crippen molar-refractivity contribution in [2.75, 3.05) is 9.80 Å². The van der Waals surface area contributed by atoms with Gasteiger partial charge in [-0.2, -0.15) is 19.9 Å². The fourth-order valence-corrected chi connectivity index (χ4v) is 8.41. The Hall–Kier alpha value is -7.84. The highest BCUT2D eigenvalue weighted by Crippen LogP contribution is 2.58. The third-order valence-corrected chi connectivity index (χ3v) is 11.3. The first kappa shape index (κ1) is 34.4. The molecule has 280 valence electrons. The van der Waals surface area contributed by atoms with E-state index in [-0.39, 0.29) is 5.41 Å². The molecule has 11 rings (SSSR count). The minimum Gasteiger partial charge on any atom is -0.275 e. The number of hydrogen-bond donors (Lipinski definition) is 0. The fraction of sp³-hybridized carbons (Fsp3) is 0.0588. The second-order valence-electron chi connectivity index (χ2n) is 15.2. The molecule has 0 spiro atoms. The van der Waals surface area contributed by atoms with Gasteiger partial charge in [-0.15, -0.1) is 0 Å². The van der Waals surface area contributed by atoms with Crippen LogP contribution in [0.5, 0.6) is 0 Å². The molecule has 0 amide bonds. The number of aromatic nitrogens is 6. The summed E-state index contributed by atoms with van der Waals surface area (Å²) in [6.45, 7) is 4.61. The first-order valence-electron chi connectivity index (χ1n) is 19.7. The lowest BCUT2D eigenvalue weighted by molar-refractivity contribution is 0.660. The fourth-order valence-electron chi connectivity index (χ4n) is 8.41. The molecule has 7 aromatic carbocycles. The molecule has 0 saturated carbocycles. The summed E-state index contributed by atoms with van der Waals surface area (Å²) in [6, 6.07) is 62.0. The van der Waals surface area contributed by atoms with Gasteiger partial charge in [0.15, 0.2) is 23.3 Å². The van der Waals surface area contributed by atoms with Crippen LogP contribution in [0, 0.1) is 0 Å². The normalized spacial score (nSPS) is 13.3. The van der Waals surface area contributed by atoms with E-state index < -0.39 is 0 Å². The van der Waals surface area contributed by atoms with Gasteiger partial charge in [0.05, 0.1) is 22.7 Å². The van der Waals surface area contributed by atoms with Crippen LogP contribution in [0.2, 0.25) is 0 Å². The number of anilines is 6. The Morgan fingerprint density at radius 3 is 1.10 bits per heavy atom. The van der Waals surface area contributed by atoms with Crippen molar-refractivity contribution in [3.05, 3.63) is 193 Å². The molecular weight excluding hydrogens is 725 g/mol. The molecule has 3 heterocycles. The maximum absolute atomic E-state index is 5.27. The average Bonchev–Trinajstić information content (AvgIpc) is 3.53. The van der Waals surface area contributed by atoms with E-state index in [1.807, 2.05) is 121 Å². The van der Waals surface area contributed by atoms with Crippen LogP contribution in [0.15, 0.2) is 182 Å². The van der Waals surface area contributed by atoms with Crippen LogP contribution in [-0.2, 0) is 5.41 Å². The van der Waals surface area contributed by atoms with Gasteiger partial charge in [-0.25, -0.2) is 9.97 Å². The third-order valence-electron chi connectivity index (χ3n) is 11.3. The summed E-state index contributed by atoms with van der Waals surface area (Å²) < 4.78 is 0. The number of nitrogens with zero attached hydrogens (tertiary/aromatic N) is 8. The van der Waals surface area contributed by atoms with E-state index in [0.717, 1.165) is 45.0 Å². The van der Waals surface area contributed by atoms with E-state index >= 15 is 0 Å². The summed E-state index contributed by atoms with van der Waals surface area (Å²) in [5.74, 6) is 3.35. The van der Waals surface area contributed by atoms with E-state index in [4.69, 9.17) is 29.9 Å². The van der Waals surface area contributed by atoms with Gasteiger partial charge in [-0.05, 0) is 46.5 Å². The topological polar surface area (TPSA) is 83.8 Å². The lowest BCUT2D eigenvalue weighted by Gasteiger charge is -2.39. The zero-order valence-electron chi connectivity index (χ0n) is 32.4. The van der Waals surface area contributed by atoms with E-state index in [9.17, 15) is 0 Å². The van der Waals surface area contributed by atoms with E-state index in [0.29, 0.717) is 35.2 Å². The smallest absolute Gasteiger partial charge is 0.238 e. The Kier molecular flexibility index (Phi) is 7.97. The monoisotopic (exact) mass is 760 g/mol. The van der Waals surface area contributed by atoms with Gasteiger partial charge in [0.2, 0.25) is 11.9 Å². The number of para-hydroxylation sites is 2. The molecule has 0 N–H and O–H groups in total. The minimum atomic E-state index is -0.272. The highest BCUT2D eigenvalue weighted by atomic mass is 15.4. The molecule has 0 atom stereocenters. The second kappa shape index (κ2) is 13.7. The summed E-state index contributed by atoms with van der Waals surface area (Å²) in [4.78, 5) is 35.5. The largest absolute Gasteiger partial charge is 0.275 e. The lowest BCUT2D eigenvalue weighted by Crippen LogP contribution is -2.27. The first-order chi connectivity index (χ1) is 29.0. The minimum absolute atomic E-state index is 0.272. The summed E-state index contributed by atoms with van der Waals surface area (Å²) in [5, 5.41) is 0. The van der Waals surface area contributed by atoms with Gasteiger partial charge in [-0.3, -0.25) is 9.80 Å². The zero-order valence-corrected chi connectivity index (χ0v) is 32.4. The Balaban J connectivity index is 1.21. The Bertz CT molecular complexity index is 2910. The van der Waals surface area contributed by atoms with E-state index in [1.165, 1.54) is 22.3 Å². The summed E-state index contributed by atoms with van der Waals surface area (Å²) in [7, 11) is 0. The van der Waals surface area contributed by atoms with Gasteiger partial charge >= 0.3 is 0 Å². The van der Waals surface area contributed by atoms with Crippen LogP contribution >= 0.6 is 0 Å². The molecule has 0 unspecified atom stereocenters. The second-order valence-corrected chi connectivity index (χ2v) is 15.2. The standard InChI is InChI=1S/C51H36N8/c1-51(2)39-28-16-15-27-37(39)38-31-43-44(32-40(38)51)59(50-56-47(35-23-11-5-12-24-35)53-48(57-50)36-25-13-6-14-26-36)42-30-18-17-29-41(42)58(43)49-54-45(33-19-7-3-8-20-33)52-46(55-49)34-21-9-4-10-22-34/h3-32H,1-2H3. The third kappa shape index (κ3) is 5.76. The van der Waals surface area contributed by atoms with Gasteiger partial charge in [0, 0.05) is 27.7 Å². The van der Waals surface area contributed by atoms with Crippen molar-refractivity contribution in [1.29, 1.82) is 0 Å². The maximum atomic E-state index is 5.27. The highest BCUT2D eigenvalue weighted by molar-refractivity contribution is 6.03. The van der Waals surface area contributed by atoms with Crippen LogP contribution in [-0.4, -0.2) is 29.9 Å². The molecule has 1 aliphatic carbocycles. The molecule has 59 heavy (non-hydrogen) atoms. The quantitative estimate of drug-likeness (QED) is 0.166. The molecular formula is C51H36N8. The van der Waals surface area contributed by atoms with E-state index in [2.05, 4.69) is 84.3 Å². The highest BCUT2D eigenvalue weighted by Gasteiger charge is 2.41. The molecule has 8 nitrogen and oxygen atoms in total. The van der Waals surface area contributed by atoms with Crippen molar-refractivity contribution in [1.82, 2.24) is 29.9 Å². The molecule has 0 bridgehead atoms. The molecule has 9 aromatic rings. The predicted octanol–water partition coefficient (Wildman–Crippen LogP) is 12.3. The number of rotatable bonds is 6. The number of fused-ring (bicyclic) bond motifs is 5. The van der Waals surface area contributed by atoms with Crippen molar-refractivity contribution in [2.24, 2.45) is 0 Å². The summed E-state index contributed by atoms with van der Waals surface area (Å²) in [6.07, 6.45) is 0. The number of hydrogen-bond acceptors (Lipinski definition) is 8. The van der Waals surface area contributed by atoms with Gasteiger partial charge in [-0.1, -0.05) is 172 Å². The Morgan fingerprint density at radius 2 is 0.678 bits per heavy atom. The van der Waals surface area contributed by atoms with Crippen molar-refractivity contribution >= 4 is 34.6 Å². The van der Waals surface area contributed by atoms with Crippen molar-refractivity contribution < 1.29 is 0 Å². The average molecular weight is 761 g/mol. The molecule has 0 saturated heterocycles. The van der Waals surface area contributed by atoms with Gasteiger partial charge < -0.3 is 0 Å². The van der Waals surface area contributed by atoms with Crippen LogP contribution in [0.1, 0.15) is 25.0 Å². The molecule has 2 aliphatic rings. The van der Waals surface area contributed by atoms with Crippen LogP contribution < -0.4 is 9.80 Å². The number of benzene rings is 7. The summed E-state index contributed by atoms with van der Waals surface area (Å²) in [5.41, 5.74) is 11.7. The Morgan fingerprint density at radius 1 is 0.322 bits per heavy atom. The summed E-state index contributed by atoms with van der Waals surface area (Å²) >= 11 is 0. The first-order valence-corrected chi connectivity index (χ1v) is 19.7. The van der Waals surface area contributed by atoms with Crippen molar-refractivity contribution in [3.8, 4) is 56.7 Å². The molecule has 1 aliphatic heterocycles. The zero-order chi connectivity index (χ0) is 39.5. The van der Waals surface area contributed by atoms with Crippen LogP contribution in [0.25, 0.3) is 56.7 Å². The maximum Gasteiger partial charge on any atom is 0.238 e. The predicted molar refractivity (Wildman–Crippen MR) is 235 cm³/mol. The molecule has 0 radical (unpaired) electrons. The van der Waals surface area contributed by atoms with Crippen LogP contribution in [0.3, 0.4) is 0 Å². The van der Waals surface area contributed by atoms with Gasteiger partial charge in [0.25, 0.3) is 0 Å². The van der Waals surface area contributed by atoms with E-state index in [1.54, 1.807) is 0 Å².